The molecule has 0 N–H and O–H groups in total. The highest BCUT2D eigenvalue weighted by atomic mass is 35.5. The van der Waals surface area contributed by atoms with E-state index in [0.717, 1.165) is 24.7 Å². The van der Waals surface area contributed by atoms with Crippen LogP contribution in [0.2, 0.25) is 0 Å². The zero-order valence-corrected chi connectivity index (χ0v) is 9.19. The van der Waals surface area contributed by atoms with Gasteiger partial charge in [-0.15, -0.1) is 0 Å². The molecule has 0 bridgehead atoms. The van der Waals surface area contributed by atoms with Crippen LogP contribution >= 0.6 is 11.6 Å². The molecule has 1 nitrogen and oxygen atoms in total. The summed E-state index contributed by atoms with van der Waals surface area (Å²) >= 11 is 5.81. The molecule has 0 saturated heterocycles. The lowest BCUT2D eigenvalue weighted by Crippen LogP contribution is -2.29. The lowest BCUT2D eigenvalue weighted by atomic mass is 10.1. The van der Waals surface area contributed by atoms with Crippen LogP contribution in [0.15, 0.2) is 11.6 Å². The largest absolute Gasteiger partial charge is 0.303 e. The predicted molar refractivity (Wildman–Crippen MR) is 56.6 cm³/mol. The van der Waals surface area contributed by atoms with Crippen molar-refractivity contribution < 1.29 is 0 Å². The van der Waals surface area contributed by atoms with Crippen molar-refractivity contribution in [3.63, 3.8) is 0 Å². The minimum absolute atomic E-state index is 0.401. The predicted octanol–water partition coefficient (Wildman–Crippen LogP) is 3.11. The van der Waals surface area contributed by atoms with Crippen molar-refractivity contribution >= 4 is 11.6 Å². The van der Waals surface area contributed by atoms with Crippen LogP contribution in [0.3, 0.4) is 0 Å². The number of nitrogens with zero attached hydrogens (tertiary/aromatic N) is 1. The Morgan fingerprint density at radius 1 is 1.50 bits per heavy atom. The van der Waals surface area contributed by atoms with E-state index in [1.165, 1.54) is 6.42 Å². The van der Waals surface area contributed by atoms with Gasteiger partial charge in [0, 0.05) is 17.5 Å². The van der Waals surface area contributed by atoms with Crippen molar-refractivity contribution in [2.24, 2.45) is 5.92 Å². The minimum Gasteiger partial charge on any atom is -0.303 e. The first-order valence-corrected chi connectivity index (χ1v) is 5.06. The van der Waals surface area contributed by atoms with E-state index >= 15 is 0 Å². The van der Waals surface area contributed by atoms with E-state index < -0.39 is 0 Å². The first kappa shape index (κ1) is 12.0. The van der Waals surface area contributed by atoms with Gasteiger partial charge in [-0.2, -0.15) is 0 Å². The molecule has 0 aliphatic rings. The van der Waals surface area contributed by atoms with E-state index in [-0.39, 0.29) is 0 Å². The highest BCUT2D eigenvalue weighted by Crippen LogP contribution is 2.13. The summed E-state index contributed by atoms with van der Waals surface area (Å²) in [5, 5.41) is 0.768. The van der Waals surface area contributed by atoms with Gasteiger partial charge in [0.15, 0.2) is 0 Å². The van der Waals surface area contributed by atoms with E-state index in [0.29, 0.717) is 5.92 Å². The molecule has 0 aliphatic carbocycles. The zero-order valence-electron chi connectivity index (χ0n) is 8.44. The lowest BCUT2D eigenvalue weighted by molar-refractivity contribution is 0.265. The third-order valence-electron chi connectivity index (χ3n) is 2.05. The van der Waals surface area contributed by atoms with Gasteiger partial charge in [0.05, 0.1) is 0 Å². The maximum atomic E-state index is 5.81. The van der Waals surface area contributed by atoms with E-state index in [1.54, 1.807) is 0 Å². The fraction of sp³-hybridized carbons (Fsp3) is 0.800. The molecule has 0 spiro atoms. The van der Waals surface area contributed by atoms with Crippen LogP contribution < -0.4 is 0 Å². The van der Waals surface area contributed by atoms with Gasteiger partial charge in [-0.05, 0) is 19.5 Å². The van der Waals surface area contributed by atoms with Crippen molar-refractivity contribution in [1.82, 2.24) is 4.90 Å². The molecule has 1 atom stereocenters. The maximum absolute atomic E-state index is 5.81. The molecule has 0 aromatic carbocycles. The molecule has 2 heteroatoms. The Hall–Kier alpha value is -0.0100. The normalized spacial score (nSPS) is 13.4. The molecule has 0 aliphatic heterocycles. The van der Waals surface area contributed by atoms with E-state index in [1.807, 2.05) is 0 Å². The third kappa shape index (κ3) is 4.78. The molecule has 0 heterocycles. The van der Waals surface area contributed by atoms with Gasteiger partial charge in [0.1, 0.15) is 0 Å². The van der Waals surface area contributed by atoms with Crippen molar-refractivity contribution in [2.75, 3.05) is 19.6 Å². The second-order valence-corrected chi connectivity index (χ2v) is 3.73. The average molecular weight is 190 g/mol. The molecule has 12 heavy (non-hydrogen) atoms. The summed E-state index contributed by atoms with van der Waals surface area (Å²) < 4.78 is 0. The fourth-order valence-corrected chi connectivity index (χ4v) is 1.25. The summed E-state index contributed by atoms with van der Waals surface area (Å²) in [6, 6.07) is 0. The molecule has 0 fully saturated rings. The quantitative estimate of drug-likeness (QED) is 0.621. The summed E-state index contributed by atoms with van der Waals surface area (Å²) in [6.07, 6.45) is 1.20. The molecule has 0 aromatic rings. The van der Waals surface area contributed by atoms with Crippen LogP contribution in [-0.2, 0) is 0 Å². The second-order valence-electron chi connectivity index (χ2n) is 3.24. The van der Waals surface area contributed by atoms with Gasteiger partial charge >= 0.3 is 0 Å². The van der Waals surface area contributed by atoms with Gasteiger partial charge in [-0.1, -0.05) is 39.0 Å². The Labute approximate surface area is 81.4 Å². The summed E-state index contributed by atoms with van der Waals surface area (Å²) in [7, 11) is 0. The molecular weight excluding hydrogens is 170 g/mol. The smallest absolute Gasteiger partial charge is 0.0150 e. The highest BCUT2D eigenvalue weighted by Gasteiger charge is 2.08. The zero-order chi connectivity index (χ0) is 9.56. The van der Waals surface area contributed by atoms with E-state index in [2.05, 4.69) is 32.3 Å². The summed E-state index contributed by atoms with van der Waals surface area (Å²) in [6.45, 7) is 13.5. The number of hydrogen-bond donors (Lipinski definition) is 0. The fourth-order valence-electron chi connectivity index (χ4n) is 1.18. The Kier molecular flexibility index (Phi) is 6.49. The minimum atomic E-state index is 0.401. The molecule has 0 rings (SSSR count). The van der Waals surface area contributed by atoms with Crippen LogP contribution in [0.1, 0.15) is 27.2 Å². The van der Waals surface area contributed by atoms with Crippen molar-refractivity contribution in [3.05, 3.63) is 11.6 Å². The summed E-state index contributed by atoms with van der Waals surface area (Å²) in [5.74, 6) is 0.401. The van der Waals surface area contributed by atoms with Crippen LogP contribution in [0.4, 0.5) is 0 Å². The summed E-state index contributed by atoms with van der Waals surface area (Å²) in [4.78, 5) is 2.40. The second kappa shape index (κ2) is 6.50. The molecule has 1 unspecified atom stereocenters. The molecule has 0 amide bonds. The topological polar surface area (TPSA) is 3.24 Å². The Morgan fingerprint density at radius 2 is 2.08 bits per heavy atom. The summed E-state index contributed by atoms with van der Waals surface area (Å²) in [5.41, 5.74) is 0. The molecule has 0 aromatic heterocycles. The van der Waals surface area contributed by atoms with Gasteiger partial charge in [-0.3, -0.25) is 0 Å². The lowest BCUT2D eigenvalue weighted by Gasteiger charge is -2.23. The first-order chi connectivity index (χ1) is 5.61. The standard InChI is InChI=1S/C10H20ClN/c1-5-7-12(6-2)8-9(3)10(4)11/h9H,4-8H2,1-3H3. The monoisotopic (exact) mass is 189 g/mol. The van der Waals surface area contributed by atoms with E-state index in [4.69, 9.17) is 11.6 Å². The molecule has 0 radical (unpaired) electrons. The van der Waals surface area contributed by atoms with Gasteiger partial charge in [0.25, 0.3) is 0 Å². The maximum Gasteiger partial charge on any atom is 0.0150 e. The SMILES string of the molecule is C=C(Cl)C(C)CN(CC)CCC. The van der Waals surface area contributed by atoms with Crippen LogP contribution in [0.5, 0.6) is 0 Å². The highest BCUT2D eigenvalue weighted by molar-refractivity contribution is 6.29. The first-order valence-electron chi connectivity index (χ1n) is 4.68. The number of rotatable bonds is 6. The third-order valence-corrected chi connectivity index (χ3v) is 2.43. The van der Waals surface area contributed by atoms with Crippen LogP contribution in [0.25, 0.3) is 0 Å². The van der Waals surface area contributed by atoms with Gasteiger partial charge in [0.2, 0.25) is 0 Å². The molecular formula is C10H20ClN. The van der Waals surface area contributed by atoms with Crippen molar-refractivity contribution in [3.8, 4) is 0 Å². The van der Waals surface area contributed by atoms with Crippen molar-refractivity contribution in [1.29, 1.82) is 0 Å². The van der Waals surface area contributed by atoms with E-state index in [9.17, 15) is 0 Å². The Bertz CT molecular complexity index is 134. The van der Waals surface area contributed by atoms with Gasteiger partial charge in [-0.25, -0.2) is 0 Å². The Morgan fingerprint density at radius 3 is 2.42 bits per heavy atom. The van der Waals surface area contributed by atoms with Crippen LogP contribution in [-0.4, -0.2) is 24.5 Å². The molecule has 72 valence electrons. The molecule has 0 saturated carbocycles. The number of hydrogen-bond acceptors (Lipinski definition) is 1. The Balaban J connectivity index is 3.76. The van der Waals surface area contributed by atoms with Gasteiger partial charge < -0.3 is 4.90 Å². The average Bonchev–Trinajstić information content (AvgIpc) is 2.03. The van der Waals surface area contributed by atoms with Crippen LogP contribution in [0, 0.1) is 5.92 Å². The number of halogens is 1. The van der Waals surface area contributed by atoms with Crippen molar-refractivity contribution in [2.45, 2.75) is 27.2 Å².